The van der Waals surface area contributed by atoms with Gasteiger partial charge in [-0.25, -0.2) is 4.79 Å². The quantitative estimate of drug-likeness (QED) is 0.247. The third-order valence-corrected chi connectivity index (χ3v) is 11.6. The average molecular weight is 517 g/mol. The molecule has 4 saturated carbocycles. The topological polar surface area (TPSA) is 104 Å². The van der Waals surface area contributed by atoms with Crippen molar-refractivity contribution >= 4 is 11.9 Å². The fraction of sp³-hybridized carbons (Fsp3) is 0.806. The van der Waals surface area contributed by atoms with Gasteiger partial charge in [0.2, 0.25) is 0 Å². The summed E-state index contributed by atoms with van der Waals surface area (Å²) >= 11 is 0. The SMILES string of the molecule is CC(=O)O[C@H]1C[C@@]2(C)[C@@H](C[C@@H](O)[C@@H]3[C@@]4(C)CC[C@@H](O)[C@@H](C)C4CC[C@@]32C)/C1=C(\CCC=C(C)C)C(=O)O. The molecular weight excluding hydrogens is 468 g/mol. The maximum Gasteiger partial charge on any atom is 0.331 e. The Morgan fingerprint density at radius 2 is 1.70 bits per heavy atom. The number of aliphatic carboxylic acids is 1. The number of aliphatic hydroxyl groups is 2. The van der Waals surface area contributed by atoms with Crippen LogP contribution >= 0.6 is 0 Å². The van der Waals surface area contributed by atoms with E-state index in [2.05, 4.69) is 27.7 Å². The van der Waals surface area contributed by atoms with Gasteiger partial charge in [-0.3, -0.25) is 4.79 Å². The first-order valence-electron chi connectivity index (χ1n) is 14.3. The fourth-order valence-corrected chi connectivity index (χ4v) is 9.79. The van der Waals surface area contributed by atoms with Gasteiger partial charge in [-0.05, 0) is 111 Å². The van der Waals surface area contributed by atoms with Gasteiger partial charge >= 0.3 is 11.9 Å². The molecule has 3 N–H and O–H groups in total. The van der Waals surface area contributed by atoms with Gasteiger partial charge in [0.15, 0.2) is 0 Å². The van der Waals surface area contributed by atoms with E-state index in [1.54, 1.807) is 0 Å². The van der Waals surface area contributed by atoms with Crippen LogP contribution in [0.25, 0.3) is 0 Å². The minimum Gasteiger partial charge on any atom is -0.478 e. The number of carboxylic acid groups (broad SMARTS) is 1. The summed E-state index contributed by atoms with van der Waals surface area (Å²) in [5.41, 5.74) is 1.57. The minimum atomic E-state index is -0.953. The van der Waals surface area contributed by atoms with Crippen LogP contribution in [-0.4, -0.2) is 45.6 Å². The van der Waals surface area contributed by atoms with Crippen molar-refractivity contribution in [3.05, 3.63) is 22.8 Å². The normalized spacial score (nSPS) is 46.2. The van der Waals surface area contributed by atoms with E-state index in [9.17, 15) is 24.9 Å². The molecule has 0 aliphatic heterocycles. The highest BCUT2D eigenvalue weighted by molar-refractivity contribution is 5.88. The van der Waals surface area contributed by atoms with Gasteiger partial charge in [0, 0.05) is 12.5 Å². The van der Waals surface area contributed by atoms with E-state index < -0.39 is 24.1 Å². The Bertz CT molecular complexity index is 994. The standard InChI is InChI=1S/C31H48O6/c1-17(2)9-8-10-20(28(35)36)26-22-15-24(34)27-29(5)13-12-23(33)18(3)21(29)11-14-30(27,6)31(22,7)16-25(26)37-19(4)32/h9,18,21-25,27,33-34H,8,10-16H2,1-7H3,(H,35,36)/b26-20-/t18-,21?,22-,23+,24+,25-,27+,29-,30-,31-/m0/s1. The van der Waals surface area contributed by atoms with Crippen LogP contribution in [0.2, 0.25) is 0 Å². The number of carbonyl (C=O) groups excluding carboxylic acids is 1. The monoisotopic (exact) mass is 516 g/mol. The van der Waals surface area contributed by atoms with E-state index in [4.69, 9.17) is 4.74 Å². The van der Waals surface area contributed by atoms with E-state index in [-0.39, 0.29) is 40.1 Å². The molecule has 0 aromatic carbocycles. The summed E-state index contributed by atoms with van der Waals surface area (Å²) in [6.45, 7) is 14.5. The van der Waals surface area contributed by atoms with Gasteiger partial charge < -0.3 is 20.1 Å². The zero-order valence-electron chi connectivity index (χ0n) is 23.8. The number of aliphatic hydroxyl groups excluding tert-OH is 2. The van der Waals surface area contributed by atoms with Gasteiger partial charge in [-0.2, -0.15) is 0 Å². The van der Waals surface area contributed by atoms with Gasteiger partial charge in [0.25, 0.3) is 0 Å². The Hall–Kier alpha value is -1.66. The van der Waals surface area contributed by atoms with Crippen LogP contribution in [0, 0.1) is 39.9 Å². The van der Waals surface area contributed by atoms with Gasteiger partial charge in [-0.15, -0.1) is 0 Å². The van der Waals surface area contributed by atoms with Gasteiger partial charge in [0.05, 0.1) is 12.2 Å². The molecule has 6 nitrogen and oxygen atoms in total. The molecule has 1 unspecified atom stereocenters. The first kappa shape index (κ1) is 28.4. The molecule has 0 aromatic rings. The molecule has 0 heterocycles. The largest absolute Gasteiger partial charge is 0.478 e. The predicted octanol–water partition coefficient (Wildman–Crippen LogP) is 5.67. The minimum absolute atomic E-state index is 0.0474. The average Bonchev–Trinajstić information content (AvgIpc) is 3.05. The lowest BCUT2D eigenvalue weighted by atomic mass is 9.36. The van der Waals surface area contributed by atoms with E-state index in [0.29, 0.717) is 37.2 Å². The van der Waals surface area contributed by atoms with E-state index in [1.807, 2.05) is 19.9 Å². The molecule has 0 amide bonds. The van der Waals surface area contributed by atoms with E-state index in [0.717, 1.165) is 36.8 Å². The Morgan fingerprint density at radius 1 is 1.03 bits per heavy atom. The molecule has 4 aliphatic carbocycles. The van der Waals surface area contributed by atoms with Crippen LogP contribution < -0.4 is 0 Å². The van der Waals surface area contributed by atoms with Crippen molar-refractivity contribution in [1.29, 1.82) is 0 Å². The summed E-state index contributed by atoms with van der Waals surface area (Å²) in [6, 6.07) is 0. The molecule has 6 heteroatoms. The number of hydrogen-bond donors (Lipinski definition) is 3. The Kier molecular flexibility index (Phi) is 7.53. The smallest absolute Gasteiger partial charge is 0.331 e. The number of ether oxygens (including phenoxy) is 1. The highest BCUT2D eigenvalue weighted by Gasteiger charge is 2.70. The van der Waals surface area contributed by atoms with Gasteiger partial charge in [0.1, 0.15) is 6.10 Å². The zero-order chi connectivity index (χ0) is 27.5. The molecule has 0 radical (unpaired) electrons. The molecule has 4 aliphatic rings. The first-order chi connectivity index (χ1) is 17.2. The lowest BCUT2D eigenvalue weighted by Gasteiger charge is -2.69. The summed E-state index contributed by atoms with van der Waals surface area (Å²) in [5.74, 6) is -0.909. The molecule has 4 fully saturated rings. The van der Waals surface area contributed by atoms with Crippen molar-refractivity contribution in [1.82, 2.24) is 0 Å². The molecule has 0 saturated heterocycles. The molecule has 4 rings (SSSR count). The lowest BCUT2D eigenvalue weighted by molar-refractivity contribution is -0.234. The molecule has 0 aromatic heterocycles. The van der Waals surface area contributed by atoms with Crippen molar-refractivity contribution in [3.63, 3.8) is 0 Å². The number of allylic oxidation sites excluding steroid dienone is 2. The van der Waals surface area contributed by atoms with Crippen LogP contribution in [-0.2, 0) is 14.3 Å². The third-order valence-electron chi connectivity index (χ3n) is 11.6. The second kappa shape index (κ2) is 9.82. The van der Waals surface area contributed by atoms with E-state index in [1.165, 1.54) is 6.92 Å². The highest BCUT2D eigenvalue weighted by atomic mass is 16.5. The zero-order valence-corrected chi connectivity index (χ0v) is 23.8. The number of hydrogen-bond acceptors (Lipinski definition) is 5. The fourth-order valence-electron chi connectivity index (χ4n) is 9.79. The molecular formula is C31H48O6. The Balaban J connectivity index is 1.82. The second-order valence-electron chi connectivity index (χ2n) is 13.6. The Labute approximate surface area is 222 Å². The number of esters is 1. The van der Waals surface area contributed by atoms with Crippen LogP contribution in [0.5, 0.6) is 0 Å². The van der Waals surface area contributed by atoms with Crippen molar-refractivity contribution in [2.45, 2.75) is 118 Å². The maximum atomic E-state index is 12.6. The molecule has 10 atom stereocenters. The summed E-state index contributed by atoms with van der Waals surface area (Å²) in [6.07, 6.45) is 6.22. The molecule has 0 bridgehead atoms. The number of rotatable bonds is 5. The Morgan fingerprint density at radius 3 is 2.30 bits per heavy atom. The lowest BCUT2D eigenvalue weighted by Crippen LogP contribution is -2.65. The van der Waals surface area contributed by atoms with Crippen LogP contribution in [0.3, 0.4) is 0 Å². The number of carbonyl (C=O) groups is 2. The maximum absolute atomic E-state index is 12.6. The third kappa shape index (κ3) is 4.40. The van der Waals surface area contributed by atoms with Crippen LogP contribution in [0.1, 0.15) is 99.8 Å². The van der Waals surface area contributed by atoms with Crippen LogP contribution in [0.15, 0.2) is 22.8 Å². The predicted molar refractivity (Wildman–Crippen MR) is 143 cm³/mol. The summed E-state index contributed by atoms with van der Waals surface area (Å²) < 4.78 is 5.87. The summed E-state index contributed by atoms with van der Waals surface area (Å²) in [5, 5.41) is 32.9. The second-order valence-corrected chi connectivity index (χ2v) is 13.6. The molecule has 0 spiro atoms. The number of carboxylic acids is 1. The summed E-state index contributed by atoms with van der Waals surface area (Å²) in [7, 11) is 0. The number of fused-ring (bicyclic) bond motifs is 5. The highest BCUT2D eigenvalue weighted by Crippen LogP contribution is 2.74. The van der Waals surface area contributed by atoms with Crippen molar-refractivity contribution in [2.75, 3.05) is 0 Å². The first-order valence-corrected chi connectivity index (χ1v) is 14.3. The molecule has 208 valence electrons. The van der Waals surface area contributed by atoms with Crippen molar-refractivity contribution in [3.8, 4) is 0 Å². The van der Waals surface area contributed by atoms with Crippen molar-refractivity contribution < 1.29 is 29.6 Å². The van der Waals surface area contributed by atoms with Gasteiger partial charge in [-0.1, -0.05) is 39.3 Å². The summed E-state index contributed by atoms with van der Waals surface area (Å²) in [4.78, 5) is 24.8. The molecule has 37 heavy (non-hydrogen) atoms. The van der Waals surface area contributed by atoms with Crippen molar-refractivity contribution in [2.24, 2.45) is 39.9 Å². The van der Waals surface area contributed by atoms with Crippen LogP contribution in [0.4, 0.5) is 0 Å². The van der Waals surface area contributed by atoms with E-state index >= 15 is 0 Å².